The van der Waals surface area contributed by atoms with Crippen LogP contribution in [0.3, 0.4) is 0 Å². The molecular formula is C12H18F3N3O2S. The van der Waals surface area contributed by atoms with Crippen molar-refractivity contribution in [3.8, 4) is 0 Å². The second kappa shape index (κ2) is 7.17. The summed E-state index contributed by atoms with van der Waals surface area (Å²) in [6.45, 7) is 2.99. The van der Waals surface area contributed by atoms with E-state index < -0.39 is 29.4 Å². The van der Waals surface area contributed by atoms with Crippen molar-refractivity contribution in [1.29, 1.82) is 0 Å². The number of thioether (sulfide) groups is 1. The number of nitrogens with zero attached hydrogens (tertiary/aromatic N) is 2. The lowest BCUT2D eigenvalue weighted by molar-refractivity contribution is -0.144. The number of carbonyl (C=O) groups is 1. The highest BCUT2D eigenvalue weighted by Gasteiger charge is 2.40. The van der Waals surface area contributed by atoms with Crippen LogP contribution < -0.4 is 5.32 Å². The molecule has 21 heavy (non-hydrogen) atoms. The molecular weight excluding hydrogens is 307 g/mol. The number of carbonyl (C=O) groups excluding carboxylic acids is 1. The molecule has 1 aromatic rings. The van der Waals surface area contributed by atoms with Gasteiger partial charge in [-0.25, -0.2) is 0 Å². The van der Waals surface area contributed by atoms with Crippen molar-refractivity contribution in [1.82, 2.24) is 15.1 Å². The van der Waals surface area contributed by atoms with Gasteiger partial charge in [0.05, 0.1) is 18.4 Å². The molecule has 0 fully saturated rings. The monoisotopic (exact) mass is 325 g/mol. The number of aliphatic hydroxyl groups is 1. The average molecular weight is 325 g/mol. The van der Waals surface area contributed by atoms with E-state index in [0.717, 1.165) is 10.9 Å². The lowest BCUT2D eigenvalue weighted by Gasteiger charge is -2.21. The molecule has 1 aromatic heterocycles. The zero-order chi connectivity index (χ0) is 16.2. The van der Waals surface area contributed by atoms with Crippen molar-refractivity contribution >= 4 is 17.7 Å². The second-order valence-electron chi connectivity index (χ2n) is 4.44. The number of amides is 1. The molecule has 0 aliphatic rings. The summed E-state index contributed by atoms with van der Waals surface area (Å²) in [5, 5.41) is 14.9. The molecule has 0 aliphatic carbocycles. The van der Waals surface area contributed by atoms with Crippen LogP contribution in [-0.2, 0) is 12.7 Å². The van der Waals surface area contributed by atoms with Gasteiger partial charge in [0.25, 0.3) is 5.91 Å². The minimum atomic E-state index is -4.65. The summed E-state index contributed by atoms with van der Waals surface area (Å²) >= 11 is 1.33. The van der Waals surface area contributed by atoms with Gasteiger partial charge in [-0.2, -0.15) is 30.0 Å². The van der Waals surface area contributed by atoms with Crippen LogP contribution in [0.1, 0.15) is 29.9 Å². The number of hydrogen-bond acceptors (Lipinski definition) is 4. The second-order valence-corrected chi connectivity index (χ2v) is 5.52. The molecule has 1 amide bonds. The van der Waals surface area contributed by atoms with Gasteiger partial charge >= 0.3 is 6.18 Å². The fourth-order valence-corrected chi connectivity index (χ4v) is 2.53. The maximum Gasteiger partial charge on any atom is 0.433 e. The largest absolute Gasteiger partial charge is 0.433 e. The molecule has 1 heterocycles. The topological polar surface area (TPSA) is 67.2 Å². The van der Waals surface area contributed by atoms with E-state index in [4.69, 9.17) is 5.11 Å². The van der Waals surface area contributed by atoms with Gasteiger partial charge in [-0.3, -0.25) is 9.48 Å². The van der Waals surface area contributed by atoms with Gasteiger partial charge in [-0.15, -0.1) is 0 Å². The summed E-state index contributed by atoms with van der Waals surface area (Å²) in [4.78, 5) is 12.0. The maximum atomic E-state index is 13.0. The van der Waals surface area contributed by atoms with Crippen molar-refractivity contribution in [2.24, 2.45) is 0 Å². The van der Waals surface area contributed by atoms with Gasteiger partial charge in [0.15, 0.2) is 5.69 Å². The molecule has 9 heteroatoms. The molecule has 0 radical (unpaired) electrons. The Morgan fingerprint density at radius 1 is 1.57 bits per heavy atom. The first-order valence-electron chi connectivity index (χ1n) is 6.33. The molecule has 0 saturated carbocycles. The number of halogens is 3. The standard InChI is InChI=1S/C12H18F3N3O2S/c1-4-18-10(12(13,14)15)8(5-16-18)11(20)17-7(2)9(6-19)21-3/h5,7,9,19H,4,6H2,1-3H3,(H,17,20). The zero-order valence-electron chi connectivity index (χ0n) is 11.9. The highest BCUT2D eigenvalue weighted by Crippen LogP contribution is 2.32. The average Bonchev–Trinajstić information content (AvgIpc) is 2.83. The van der Waals surface area contributed by atoms with Crippen LogP contribution in [0, 0.1) is 0 Å². The molecule has 2 unspecified atom stereocenters. The van der Waals surface area contributed by atoms with E-state index in [1.807, 2.05) is 0 Å². The van der Waals surface area contributed by atoms with Gasteiger partial charge in [-0.1, -0.05) is 0 Å². The molecule has 0 saturated heterocycles. The summed E-state index contributed by atoms with van der Waals surface area (Å²) in [6, 6.07) is -0.469. The normalized spacial score (nSPS) is 14.8. The van der Waals surface area contributed by atoms with Crippen LogP contribution in [-0.4, -0.2) is 44.9 Å². The smallest absolute Gasteiger partial charge is 0.395 e. The van der Waals surface area contributed by atoms with Crippen LogP contribution in [0.5, 0.6) is 0 Å². The van der Waals surface area contributed by atoms with Gasteiger partial charge in [0, 0.05) is 17.8 Å². The summed E-state index contributed by atoms with van der Waals surface area (Å²) in [5.41, 5.74) is -1.56. The molecule has 0 bridgehead atoms. The van der Waals surface area contributed by atoms with Gasteiger partial charge in [-0.05, 0) is 20.1 Å². The van der Waals surface area contributed by atoms with Gasteiger partial charge < -0.3 is 10.4 Å². The summed E-state index contributed by atoms with van der Waals surface area (Å²) < 4.78 is 39.8. The van der Waals surface area contributed by atoms with Crippen molar-refractivity contribution in [2.75, 3.05) is 12.9 Å². The number of hydrogen-bond donors (Lipinski definition) is 2. The minimum absolute atomic E-state index is 0.0156. The lowest BCUT2D eigenvalue weighted by Crippen LogP contribution is -2.41. The molecule has 0 aromatic carbocycles. The Kier molecular flexibility index (Phi) is 6.09. The van der Waals surface area contributed by atoms with Crippen molar-refractivity contribution in [2.45, 2.75) is 37.9 Å². The molecule has 0 spiro atoms. The molecule has 0 aliphatic heterocycles. The van der Waals surface area contributed by atoms with E-state index in [1.54, 1.807) is 13.2 Å². The number of rotatable bonds is 6. The molecule has 120 valence electrons. The third-order valence-corrected chi connectivity index (χ3v) is 4.21. The van der Waals surface area contributed by atoms with Crippen LogP contribution in [0.15, 0.2) is 6.20 Å². The van der Waals surface area contributed by atoms with E-state index >= 15 is 0 Å². The van der Waals surface area contributed by atoms with E-state index in [9.17, 15) is 18.0 Å². The van der Waals surface area contributed by atoms with Crippen LogP contribution >= 0.6 is 11.8 Å². The Labute approximate surface area is 124 Å². The number of nitrogens with one attached hydrogen (secondary N) is 1. The quantitative estimate of drug-likeness (QED) is 0.836. The fourth-order valence-electron chi connectivity index (χ4n) is 1.90. The predicted molar refractivity (Wildman–Crippen MR) is 74.2 cm³/mol. The number of alkyl halides is 3. The Morgan fingerprint density at radius 3 is 2.62 bits per heavy atom. The first-order valence-corrected chi connectivity index (χ1v) is 7.62. The Morgan fingerprint density at radius 2 is 2.19 bits per heavy atom. The third kappa shape index (κ3) is 4.13. The predicted octanol–water partition coefficient (Wildman–Crippen LogP) is 1.76. The molecule has 2 atom stereocenters. The van der Waals surface area contributed by atoms with E-state index in [-0.39, 0.29) is 18.4 Å². The molecule has 2 N–H and O–H groups in total. The summed E-state index contributed by atoms with van der Waals surface area (Å²) in [6.07, 6.45) is -1.99. The summed E-state index contributed by atoms with van der Waals surface area (Å²) in [5.74, 6) is -0.845. The Balaban J connectivity index is 3.01. The first-order chi connectivity index (χ1) is 9.76. The third-order valence-electron chi connectivity index (χ3n) is 3.05. The van der Waals surface area contributed by atoms with E-state index in [0.29, 0.717) is 0 Å². The molecule has 5 nitrogen and oxygen atoms in total. The van der Waals surface area contributed by atoms with Gasteiger partial charge in [0.2, 0.25) is 0 Å². The highest BCUT2D eigenvalue weighted by molar-refractivity contribution is 7.99. The van der Waals surface area contributed by atoms with Crippen LogP contribution in [0.25, 0.3) is 0 Å². The SMILES string of the molecule is CCn1ncc(C(=O)NC(C)C(CO)SC)c1C(F)(F)F. The summed E-state index contributed by atoms with van der Waals surface area (Å²) in [7, 11) is 0. The first kappa shape index (κ1) is 17.8. The minimum Gasteiger partial charge on any atom is -0.395 e. The fraction of sp³-hybridized carbons (Fsp3) is 0.667. The Bertz CT molecular complexity index is 487. The zero-order valence-corrected chi connectivity index (χ0v) is 12.8. The number of aliphatic hydroxyl groups excluding tert-OH is 1. The number of aromatic nitrogens is 2. The Hall–Kier alpha value is -1.22. The van der Waals surface area contributed by atoms with Crippen molar-refractivity contribution < 1.29 is 23.1 Å². The molecule has 1 rings (SSSR count). The van der Waals surface area contributed by atoms with Crippen molar-refractivity contribution in [3.05, 3.63) is 17.5 Å². The lowest BCUT2D eigenvalue weighted by atomic mass is 10.2. The maximum absolute atomic E-state index is 13.0. The number of aryl methyl sites for hydroxylation is 1. The van der Waals surface area contributed by atoms with Crippen molar-refractivity contribution in [3.63, 3.8) is 0 Å². The van der Waals surface area contributed by atoms with E-state index in [1.165, 1.54) is 18.7 Å². The van der Waals surface area contributed by atoms with Gasteiger partial charge in [0.1, 0.15) is 0 Å². The van der Waals surface area contributed by atoms with Crippen LogP contribution in [0.4, 0.5) is 13.2 Å². The highest BCUT2D eigenvalue weighted by atomic mass is 32.2. The van der Waals surface area contributed by atoms with Crippen LogP contribution in [0.2, 0.25) is 0 Å². The van der Waals surface area contributed by atoms with E-state index in [2.05, 4.69) is 10.4 Å².